The highest BCUT2D eigenvalue weighted by Gasteiger charge is 2.13. The van der Waals surface area contributed by atoms with Crippen LogP contribution in [-0.2, 0) is 4.79 Å². The Labute approximate surface area is 73.5 Å². The first-order valence-electron chi connectivity index (χ1n) is 3.98. The molecule has 0 aliphatic rings. The molecule has 0 bridgehead atoms. The molecule has 1 amide bonds. The van der Waals surface area contributed by atoms with Crippen LogP contribution in [0.5, 0.6) is 0 Å². The van der Waals surface area contributed by atoms with Crippen molar-refractivity contribution in [2.75, 3.05) is 12.4 Å². The van der Waals surface area contributed by atoms with Crippen molar-refractivity contribution in [2.45, 2.75) is 33.2 Å². The van der Waals surface area contributed by atoms with Crippen LogP contribution in [0.25, 0.3) is 0 Å². The van der Waals surface area contributed by atoms with Gasteiger partial charge in [-0.3, -0.25) is 4.79 Å². The zero-order chi connectivity index (χ0) is 8.85. The Kier molecular flexibility index (Phi) is 5.30. The van der Waals surface area contributed by atoms with E-state index in [1.807, 2.05) is 13.8 Å². The van der Waals surface area contributed by atoms with E-state index in [1.54, 1.807) is 4.90 Å². The van der Waals surface area contributed by atoms with Crippen LogP contribution in [-0.4, -0.2) is 29.3 Å². The summed E-state index contributed by atoms with van der Waals surface area (Å²) >= 11 is 5.44. The van der Waals surface area contributed by atoms with E-state index in [-0.39, 0.29) is 17.8 Å². The summed E-state index contributed by atoms with van der Waals surface area (Å²) in [6.07, 6.45) is 0.987. The second-order valence-corrected chi connectivity index (χ2v) is 3.08. The molecule has 0 saturated heterocycles. The maximum Gasteiger partial charge on any atom is 0.237 e. The molecule has 3 heteroatoms. The van der Waals surface area contributed by atoms with Crippen molar-refractivity contribution < 1.29 is 4.79 Å². The summed E-state index contributed by atoms with van der Waals surface area (Å²) in [5.41, 5.74) is 0. The fourth-order valence-corrected chi connectivity index (χ4v) is 1.14. The quantitative estimate of drug-likeness (QED) is 0.601. The minimum absolute atomic E-state index is 0.0310. The lowest BCUT2D eigenvalue weighted by molar-refractivity contribution is -0.130. The summed E-state index contributed by atoms with van der Waals surface area (Å²) in [6, 6.07) is 0.265. The van der Waals surface area contributed by atoms with Gasteiger partial charge in [0.1, 0.15) is 5.88 Å². The molecule has 0 fully saturated rings. The molecule has 0 heterocycles. The molecule has 0 aliphatic heterocycles. The van der Waals surface area contributed by atoms with E-state index < -0.39 is 0 Å². The van der Waals surface area contributed by atoms with Crippen LogP contribution in [0.3, 0.4) is 0 Å². The Hall–Kier alpha value is -0.240. The third-order valence-electron chi connectivity index (χ3n) is 1.52. The largest absolute Gasteiger partial charge is 0.339 e. The first-order chi connectivity index (χ1) is 5.13. The first kappa shape index (κ1) is 10.8. The van der Waals surface area contributed by atoms with E-state index in [4.69, 9.17) is 11.6 Å². The van der Waals surface area contributed by atoms with Gasteiger partial charge in [0.2, 0.25) is 5.91 Å². The maximum atomic E-state index is 11.1. The van der Waals surface area contributed by atoms with Gasteiger partial charge >= 0.3 is 0 Å². The third-order valence-corrected chi connectivity index (χ3v) is 1.75. The van der Waals surface area contributed by atoms with Crippen molar-refractivity contribution in [3.8, 4) is 0 Å². The highest BCUT2D eigenvalue weighted by molar-refractivity contribution is 6.27. The van der Waals surface area contributed by atoms with Gasteiger partial charge < -0.3 is 4.90 Å². The van der Waals surface area contributed by atoms with E-state index in [1.165, 1.54) is 0 Å². The lowest BCUT2D eigenvalue weighted by atomic mass is 10.3. The number of hydrogen-bond acceptors (Lipinski definition) is 1. The van der Waals surface area contributed by atoms with Crippen LogP contribution >= 0.6 is 11.6 Å². The van der Waals surface area contributed by atoms with E-state index >= 15 is 0 Å². The molecule has 0 aromatic rings. The number of hydrogen-bond donors (Lipinski definition) is 0. The van der Waals surface area contributed by atoms with E-state index in [0.717, 1.165) is 13.0 Å². The third kappa shape index (κ3) is 3.61. The topological polar surface area (TPSA) is 20.3 Å². The van der Waals surface area contributed by atoms with E-state index in [0.29, 0.717) is 0 Å². The molecule has 0 N–H and O–H groups in total. The zero-order valence-corrected chi connectivity index (χ0v) is 8.19. The van der Waals surface area contributed by atoms with Gasteiger partial charge in [-0.05, 0) is 20.3 Å². The SMILES string of the molecule is CCCN(C(=O)CCl)C(C)C. The average Bonchev–Trinajstić information content (AvgIpc) is 1.98. The summed E-state index contributed by atoms with van der Waals surface area (Å²) < 4.78 is 0. The molecule has 0 radical (unpaired) electrons. The number of halogens is 1. The van der Waals surface area contributed by atoms with Gasteiger partial charge in [-0.15, -0.1) is 11.6 Å². The number of rotatable bonds is 4. The van der Waals surface area contributed by atoms with Crippen molar-refractivity contribution in [1.29, 1.82) is 0 Å². The number of amides is 1. The number of nitrogens with zero attached hydrogens (tertiary/aromatic N) is 1. The van der Waals surface area contributed by atoms with Crippen molar-refractivity contribution in [3.63, 3.8) is 0 Å². The lowest BCUT2D eigenvalue weighted by Crippen LogP contribution is -2.38. The number of alkyl halides is 1. The molecular formula is C8H16ClNO. The second kappa shape index (κ2) is 5.42. The molecule has 0 atom stereocenters. The summed E-state index contributed by atoms with van der Waals surface area (Å²) in [5.74, 6) is 0.126. The highest BCUT2D eigenvalue weighted by Crippen LogP contribution is 2.01. The Balaban J connectivity index is 3.98. The molecular weight excluding hydrogens is 162 g/mol. The molecule has 0 aromatic carbocycles. The minimum Gasteiger partial charge on any atom is -0.339 e. The van der Waals surface area contributed by atoms with Gasteiger partial charge in [-0.1, -0.05) is 6.92 Å². The Morgan fingerprint density at radius 2 is 2.09 bits per heavy atom. The smallest absolute Gasteiger partial charge is 0.237 e. The van der Waals surface area contributed by atoms with E-state index in [2.05, 4.69) is 6.92 Å². The van der Waals surface area contributed by atoms with Crippen LogP contribution < -0.4 is 0 Å². The Morgan fingerprint density at radius 1 is 1.55 bits per heavy atom. The molecule has 11 heavy (non-hydrogen) atoms. The van der Waals surface area contributed by atoms with Gasteiger partial charge in [-0.2, -0.15) is 0 Å². The lowest BCUT2D eigenvalue weighted by Gasteiger charge is -2.25. The predicted molar refractivity (Wildman–Crippen MR) is 47.9 cm³/mol. The molecule has 0 aliphatic carbocycles. The monoisotopic (exact) mass is 177 g/mol. The van der Waals surface area contributed by atoms with Crippen molar-refractivity contribution in [2.24, 2.45) is 0 Å². The van der Waals surface area contributed by atoms with Crippen LogP contribution in [0.1, 0.15) is 27.2 Å². The normalized spacial score (nSPS) is 10.3. The predicted octanol–water partition coefficient (Wildman–Crippen LogP) is 1.87. The first-order valence-corrected chi connectivity index (χ1v) is 4.52. The van der Waals surface area contributed by atoms with Gasteiger partial charge in [0, 0.05) is 12.6 Å². The van der Waals surface area contributed by atoms with Gasteiger partial charge in [0.15, 0.2) is 0 Å². The van der Waals surface area contributed by atoms with Gasteiger partial charge in [-0.25, -0.2) is 0 Å². The summed E-state index contributed by atoms with van der Waals surface area (Å²) in [7, 11) is 0. The van der Waals surface area contributed by atoms with Gasteiger partial charge in [0.05, 0.1) is 0 Å². The molecule has 0 saturated carbocycles. The highest BCUT2D eigenvalue weighted by atomic mass is 35.5. The van der Waals surface area contributed by atoms with Crippen LogP contribution in [0.15, 0.2) is 0 Å². The van der Waals surface area contributed by atoms with Crippen molar-refractivity contribution >= 4 is 17.5 Å². The fourth-order valence-electron chi connectivity index (χ4n) is 0.989. The molecule has 2 nitrogen and oxygen atoms in total. The molecule has 0 rings (SSSR count). The van der Waals surface area contributed by atoms with Crippen LogP contribution in [0.4, 0.5) is 0 Å². The molecule has 0 spiro atoms. The molecule has 66 valence electrons. The van der Waals surface area contributed by atoms with Crippen molar-refractivity contribution in [3.05, 3.63) is 0 Å². The molecule has 0 unspecified atom stereocenters. The summed E-state index contributed by atoms with van der Waals surface area (Å²) in [6.45, 7) is 6.86. The summed E-state index contributed by atoms with van der Waals surface area (Å²) in [5, 5.41) is 0. The zero-order valence-electron chi connectivity index (χ0n) is 7.43. The van der Waals surface area contributed by atoms with Crippen molar-refractivity contribution in [1.82, 2.24) is 4.90 Å². The molecule has 0 aromatic heterocycles. The number of carbonyl (C=O) groups is 1. The average molecular weight is 178 g/mol. The standard InChI is InChI=1S/C8H16ClNO/c1-4-5-10(7(2)3)8(11)6-9/h7H,4-6H2,1-3H3. The summed E-state index contributed by atoms with van der Waals surface area (Å²) in [4.78, 5) is 12.9. The number of carbonyl (C=O) groups excluding carboxylic acids is 1. The Morgan fingerprint density at radius 3 is 2.36 bits per heavy atom. The fraction of sp³-hybridized carbons (Fsp3) is 0.875. The minimum atomic E-state index is 0.0310. The van der Waals surface area contributed by atoms with Gasteiger partial charge in [0.25, 0.3) is 0 Å². The van der Waals surface area contributed by atoms with E-state index in [9.17, 15) is 4.79 Å². The Bertz CT molecular complexity index is 125. The van der Waals surface area contributed by atoms with Crippen LogP contribution in [0, 0.1) is 0 Å². The second-order valence-electron chi connectivity index (χ2n) is 2.81. The maximum absolute atomic E-state index is 11.1. The van der Waals surface area contributed by atoms with Crippen LogP contribution in [0.2, 0.25) is 0 Å².